The van der Waals surface area contributed by atoms with Crippen molar-refractivity contribution in [2.45, 2.75) is 26.4 Å². The van der Waals surface area contributed by atoms with Gasteiger partial charge in [0.25, 0.3) is 5.91 Å². The van der Waals surface area contributed by atoms with E-state index in [-0.39, 0.29) is 24.6 Å². The van der Waals surface area contributed by atoms with Crippen molar-refractivity contribution in [1.82, 2.24) is 5.32 Å². The van der Waals surface area contributed by atoms with Crippen molar-refractivity contribution < 1.29 is 27.8 Å². The molecule has 0 spiro atoms. The van der Waals surface area contributed by atoms with Crippen LogP contribution < -0.4 is 15.4 Å². The highest BCUT2D eigenvalue weighted by Crippen LogP contribution is 2.16. The summed E-state index contributed by atoms with van der Waals surface area (Å²) in [6, 6.07) is 11.6. The second-order valence-corrected chi connectivity index (χ2v) is 7.40. The minimum Gasteiger partial charge on any atom is -0.489 e. The van der Waals surface area contributed by atoms with Crippen molar-refractivity contribution in [3.05, 3.63) is 71.8 Å². The van der Waals surface area contributed by atoms with Crippen molar-refractivity contribution in [3.8, 4) is 5.75 Å². The Morgan fingerprint density at radius 3 is 2.23 bits per heavy atom. The average Bonchev–Trinajstić information content (AvgIpc) is 2.69. The molecule has 0 aliphatic carbocycles. The number of carbonyl (C=O) groups excluding carboxylic acids is 2. The first-order valence-electron chi connectivity index (χ1n) is 9.21. The Kier molecular flexibility index (Phi) is 7.91. The predicted molar refractivity (Wildman–Crippen MR) is 110 cm³/mol. The quantitative estimate of drug-likeness (QED) is 0.675. The smallest absolute Gasteiger partial charge is 0.407 e. The van der Waals surface area contributed by atoms with E-state index in [1.165, 1.54) is 24.3 Å². The first-order valence-corrected chi connectivity index (χ1v) is 9.21. The average molecular weight is 418 g/mol. The number of halogens is 2. The van der Waals surface area contributed by atoms with Crippen molar-refractivity contribution in [2.24, 2.45) is 0 Å². The molecule has 160 valence electrons. The van der Waals surface area contributed by atoms with Gasteiger partial charge in [0.15, 0.2) is 0 Å². The maximum Gasteiger partial charge on any atom is 0.407 e. The number of hydrogen-bond acceptors (Lipinski definition) is 4. The van der Waals surface area contributed by atoms with Crippen LogP contribution in [0.4, 0.5) is 19.3 Å². The van der Waals surface area contributed by atoms with Crippen LogP contribution in [0.3, 0.4) is 0 Å². The van der Waals surface area contributed by atoms with Crippen LogP contribution in [0.2, 0.25) is 0 Å². The number of carbonyl (C=O) groups is 2. The molecule has 2 aromatic rings. The largest absolute Gasteiger partial charge is 0.489 e. The molecule has 0 aromatic heterocycles. The zero-order chi connectivity index (χ0) is 22.1. The Balaban J connectivity index is 1.83. The molecule has 0 aliphatic heterocycles. The first kappa shape index (κ1) is 22.9. The Hall–Kier alpha value is -3.42. The van der Waals surface area contributed by atoms with Crippen molar-refractivity contribution in [2.75, 3.05) is 18.5 Å². The summed E-state index contributed by atoms with van der Waals surface area (Å²) in [6.07, 6.45) is -0.291. The molecule has 2 aromatic carbocycles. The fraction of sp³-hybridized carbons (Fsp3) is 0.273. The summed E-state index contributed by atoms with van der Waals surface area (Å²) in [7, 11) is 0. The molecule has 6 nitrogen and oxygen atoms in total. The van der Waals surface area contributed by atoms with Gasteiger partial charge in [0, 0.05) is 23.4 Å². The maximum atomic E-state index is 13.0. The molecular formula is C22H24F2N2O4. The molecular weight excluding hydrogens is 394 g/mol. The van der Waals surface area contributed by atoms with E-state index in [1.54, 1.807) is 45.0 Å². The summed E-state index contributed by atoms with van der Waals surface area (Å²) in [5, 5.41) is 5.10. The molecule has 2 rings (SSSR count). The van der Waals surface area contributed by atoms with Gasteiger partial charge in [-0.3, -0.25) is 4.79 Å². The number of hydrogen-bond donors (Lipinski definition) is 2. The number of anilines is 1. The molecule has 0 saturated carbocycles. The highest BCUT2D eigenvalue weighted by Gasteiger charge is 2.16. The van der Waals surface area contributed by atoms with Crippen LogP contribution in [0.1, 0.15) is 31.1 Å². The van der Waals surface area contributed by atoms with E-state index in [0.29, 0.717) is 23.3 Å². The van der Waals surface area contributed by atoms with Gasteiger partial charge in [0.05, 0.1) is 6.33 Å². The molecule has 0 unspecified atom stereocenters. The minimum atomic E-state index is -0.654. The van der Waals surface area contributed by atoms with Crippen molar-refractivity contribution in [1.29, 1.82) is 0 Å². The van der Waals surface area contributed by atoms with E-state index in [4.69, 9.17) is 9.47 Å². The Bertz CT molecular complexity index is 889. The van der Waals surface area contributed by atoms with Crippen LogP contribution in [0.25, 0.3) is 0 Å². The molecule has 0 saturated heterocycles. The first-order chi connectivity index (χ1) is 14.2. The molecule has 0 heterocycles. The highest BCUT2D eigenvalue weighted by atomic mass is 19.1. The molecule has 0 fully saturated rings. The third kappa shape index (κ3) is 7.90. The van der Waals surface area contributed by atoms with Gasteiger partial charge in [-0.2, -0.15) is 0 Å². The second-order valence-electron chi connectivity index (χ2n) is 7.40. The Labute approximate surface area is 173 Å². The van der Waals surface area contributed by atoms with E-state index in [2.05, 4.69) is 10.6 Å². The molecule has 30 heavy (non-hydrogen) atoms. The summed E-state index contributed by atoms with van der Waals surface area (Å²) in [5.74, 6) is -0.332. The van der Waals surface area contributed by atoms with Gasteiger partial charge < -0.3 is 20.1 Å². The summed E-state index contributed by atoms with van der Waals surface area (Å²) < 4.78 is 36.5. The molecule has 2 amide bonds. The van der Waals surface area contributed by atoms with E-state index in [9.17, 15) is 18.4 Å². The van der Waals surface area contributed by atoms with Gasteiger partial charge in [0.1, 0.15) is 23.8 Å². The summed E-state index contributed by atoms with van der Waals surface area (Å²) in [6.45, 7) is 5.03. The zero-order valence-corrected chi connectivity index (χ0v) is 17.0. The van der Waals surface area contributed by atoms with Crippen LogP contribution in [-0.4, -0.2) is 30.8 Å². The lowest BCUT2D eigenvalue weighted by atomic mass is 10.2. The molecule has 2 N–H and O–H groups in total. The summed E-state index contributed by atoms with van der Waals surface area (Å²) in [4.78, 5) is 23.8. The molecule has 8 heteroatoms. The lowest BCUT2D eigenvalue weighted by Gasteiger charge is -2.20. The highest BCUT2D eigenvalue weighted by molar-refractivity contribution is 6.04. The van der Waals surface area contributed by atoms with E-state index in [0.717, 1.165) is 0 Å². The number of benzene rings is 2. The number of rotatable bonds is 7. The fourth-order valence-electron chi connectivity index (χ4n) is 2.24. The van der Waals surface area contributed by atoms with E-state index < -0.39 is 17.5 Å². The number of alkyl carbamates (subject to hydrolysis) is 1. The molecule has 0 atom stereocenters. The van der Waals surface area contributed by atoms with Gasteiger partial charge in [-0.05, 0) is 69.3 Å². The van der Waals surface area contributed by atoms with Crippen LogP contribution in [0, 0.1) is 5.82 Å². The molecule has 0 radical (unpaired) electrons. The maximum absolute atomic E-state index is 13.0. The fourth-order valence-corrected chi connectivity index (χ4v) is 2.24. The number of ether oxygens (including phenoxy) is 2. The minimum absolute atomic E-state index is 0.0659. The van der Waals surface area contributed by atoms with E-state index >= 15 is 0 Å². The SMILES string of the molecule is CC(C)(C)OC(=O)NCC(=CF)COc1ccc(C(=O)Nc2ccc(F)cc2)cc1. The topological polar surface area (TPSA) is 76.7 Å². The van der Waals surface area contributed by atoms with Gasteiger partial charge in [-0.25, -0.2) is 13.6 Å². The third-order valence-corrected chi connectivity index (χ3v) is 3.66. The van der Waals surface area contributed by atoms with Gasteiger partial charge in [-0.1, -0.05) is 0 Å². The summed E-state index contributed by atoms with van der Waals surface area (Å²) in [5.41, 5.74) is 0.403. The standard InChI is InChI=1S/C22H24F2N2O4/c1-22(2,3)30-21(28)25-13-15(12-23)14-29-19-10-4-16(5-11-19)20(27)26-18-8-6-17(24)7-9-18/h4-12H,13-14H2,1-3H3,(H,25,28)(H,26,27). The van der Waals surface area contributed by atoms with Gasteiger partial charge in [0.2, 0.25) is 0 Å². The lowest BCUT2D eigenvalue weighted by Crippen LogP contribution is -2.34. The zero-order valence-electron chi connectivity index (χ0n) is 17.0. The monoisotopic (exact) mass is 418 g/mol. The summed E-state index contributed by atoms with van der Waals surface area (Å²) >= 11 is 0. The predicted octanol–water partition coefficient (Wildman–Crippen LogP) is 4.83. The van der Waals surface area contributed by atoms with Gasteiger partial charge >= 0.3 is 6.09 Å². The normalized spacial score (nSPS) is 11.6. The van der Waals surface area contributed by atoms with Crippen LogP contribution in [0.5, 0.6) is 5.75 Å². The van der Waals surface area contributed by atoms with Crippen LogP contribution in [-0.2, 0) is 4.74 Å². The van der Waals surface area contributed by atoms with Crippen LogP contribution in [0.15, 0.2) is 60.4 Å². The van der Waals surface area contributed by atoms with Crippen molar-refractivity contribution in [3.63, 3.8) is 0 Å². The third-order valence-electron chi connectivity index (χ3n) is 3.66. The Morgan fingerprint density at radius 2 is 1.67 bits per heavy atom. The lowest BCUT2D eigenvalue weighted by molar-refractivity contribution is 0.0531. The van der Waals surface area contributed by atoms with E-state index in [1.807, 2.05) is 0 Å². The number of amides is 2. The molecule has 0 aliphatic rings. The second kappa shape index (κ2) is 10.4. The number of nitrogens with one attached hydrogen (secondary N) is 2. The van der Waals surface area contributed by atoms with Crippen LogP contribution >= 0.6 is 0 Å². The van der Waals surface area contributed by atoms with Crippen molar-refractivity contribution >= 4 is 17.7 Å². The van der Waals surface area contributed by atoms with Gasteiger partial charge in [-0.15, -0.1) is 0 Å². The Morgan fingerprint density at radius 1 is 1.03 bits per heavy atom. The molecule has 0 bridgehead atoms.